The highest BCUT2D eigenvalue weighted by Crippen LogP contribution is 2.43. The standard InChI is InChI=1S/C24H34O3/c1-23(2,3)19-11-16(12-20(22(19)26)24(4,5)6)13-21(25)27-14-18-10-15-7-8-17(18)9-15/h7-8,11-12,15,17-18,26H,9-10,13-14H2,1-6H3. The number of benzene rings is 1. The molecule has 0 radical (unpaired) electrons. The highest BCUT2D eigenvalue weighted by molar-refractivity contribution is 5.73. The number of phenolic OH excluding ortho intramolecular Hbond substituents is 1. The Balaban J connectivity index is 1.73. The lowest BCUT2D eigenvalue weighted by molar-refractivity contribution is -0.144. The third-order valence-corrected chi connectivity index (χ3v) is 6.01. The van der Waals surface area contributed by atoms with Crippen LogP contribution >= 0.6 is 0 Å². The molecule has 3 nitrogen and oxygen atoms in total. The van der Waals surface area contributed by atoms with Gasteiger partial charge in [-0.25, -0.2) is 0 Å². The highest BCUT2D eigenvalue weighted by atomic mass is 16.5. The normalized spacial score (nSPS) is 24.4. The smallest absolute Gasteiger partial charge is 0.310 e. The number of hydrogen-bond donors (Lipinski definition) is 1. The van der Waals surface area contributed by atoms with Crippen molar-refractivity contribution in [1.29, 1.82) is 0 Å². The zero-order valence-corrected chi connectivity index (χ0v) is 17.6. The first-order valence-electron chi connectivity index (χ1n) is 10.2. The molecular formula is C24H34O3. The maximum Gasteiger partial charge on any atom is 0.310 e. The second-order valence-corrected chi connectivity index (χ2v) is 10.4. The number of ether oxygens (including phenoxy) is 1. The van der Waals surface area contributed by atoms with Gasteiger partial charge in [-0.1, -0.05) is 65.8 Å². The van der Waals surface area contributed by atoms with Crippen LogP contribution in [0.15, 0.2) is 24.3 Å². The molecule has 3 heteroatoms. The van der Waals surface area contributed by atoms with E-state index in [9.17, 15) is 9.90 Å². The van der Waals surface area contributed by atoms with E-state index in [0.717, 1.165) is 23.1 Å². The average molecular weight is 371 g/mol. The zero-order valence-electron chi connectivity index (χ0n) is 17.6. The molecule has 3 unspecified atom stereocenters. The molecule has 1 N–H and O–H groups in total. The third kappa shape index (κ3) is 4.39. The molecule has 0 saturated heterocycles. The van der Waals surface area contributed by atoms with Crippen LogP contribution in [0, 0.1) is 17.8 Å². The summed E-state index contributed by atoms with van der Waals surface area (Å²) in [5.74, 6) is 1.95. The topological polar surface area (TPSA) is 46.5 Å². The second kappa shape index (κ2) is 7.00. The molecule has 0 aromatic heterocycles. The van der Waals surface area contributed by atoms with Crippen molar-refractivity contribution in [2.75, 3.05) is 6.61 Å². The number of fused-ring (bicyclic) bond motifs is 2. The monoisotopic (exact) mass is 370 g/mol. The van der Waals surface area contributed by atoms with Gasteiger partial charge in [0.15, 0.2) is 0 Å². The van der Waals surface area contributed by atoms with Gasteiger partial charge in [0.2, 0.25) is 0 Å². The minimum Gasteiger partial charge on any atom is -0.507 e. The summed E-state index contributed by atoms with van der Waals surface area (Å²) in [7, 11) is 0. The van der Waals surface area contributed by atoms with E-state index >= 15 is 0 Å². The number of carbonyl (C=O) groups excluding carboxylic acids is 1. The van der Waals surface area contributed by atoms with Crippen LogP contribution in [0.25, 0.3) is 0 Å². The summed E-state index contributed by atoms with van der Waals surface area (Å²) < 4.78 is 5.63. The molecule has 1 aromatic carbocycles. The first kappa shape index (κ1) is 20.0. The fraction of sp³-hybridized carbons (Fsp3) is 0.625. The predicted octanol–water partition coefficient (Wildman–Crippen LogP) is 5.29. The maximum atomic E-state index is 12.5. The van der Waals surface area contributed by atoms with E-state index in [1.54, 1.807) is 0 Å². The molecule has 1 saturated carbocycles. The second-order valence-electron chi connectivity index (χ2n) is 10.4. The van der Waals surface area contributed by atoms with Crippen LogP contribution in [0.4, 0.5) is 0 Å². The molecule has 2 aliphatic rings. The molecule has 2 bridgehead atoms. The molecule has 3 rings (SSSR count). The van der Waals surface area contributed by atoms with Crippen LogP contribution in [-0.4, -0.2) is 17.7 Å². The van der Waals surface area contributed by atoms with Crippen molar-refractivity contribution in [3.63, 3.8) is 0 Å². The summed E-state index contributed by atoms with van der Waals surface area (Å²) in [6.07, 6.45) is 7.22. The summed E-state index contributed by atoms with van der Waals surface area (Å²) in [6.45, 7) is 13.0. The first-order chi connectivity index (χ1) is 12.4. The third-order valence-electron chi connectivity index (χ3n) is 6.01. The average Bonchev–Trinajstić information content (AvgIpc) is 3.15. The fourth-order valence-corrected chi connectivity index (χ4v) is 4.44. The SMILES string of the molecule is CC(C)(C)c1cc(CC(=O)OCC2CC3C=CC2C3)cc(C(C)(C)C)c1O. The van der Waals surface area contributed by atoms with Crippen molar-refractivity contribution < 1.29 is 14.6 Å². The van der Waals surface area contributed by atoms with Gasteiger partial charge in [-0.15, -0.1) is 0 Å². The van der Waals surface area contributed by atoms with Gasteiger partial charge in [0.1, 0.15) is 5.75 Å². The van der Waals surface area contributed by atoms with Crippen molar-refractivity contribution >= 4 is 5.97 Å². The molecule has 1 aromatic rings. The van der Waals surface area contributed by atoms with E-state index in [0.29, 0.717) is 30.1 Å². The lowest BCUT2D eigenvalue weighted by Gasteiger charge is -2.28. The number of carbonyl (C=O) groups is 1. The molecule has 1 fully saturated rings. The summed E-state index contributed by atoms with van der Waals surface area (Å²) in [6, 6.07) is 3.93. The van der Waals surface area contributed by atoms with Gasteiger partial charge in [0.05, 0.1) is 13.0 Å². The van der Waals surface area contributed by atoms with Crippen molar-refractivity contribution in [1.82, 2.24) is 0 Å². The van der Waals surface area contributed by atoms with Crippen LogP contribution in [0.3, 0.4) is 0 Å². The van der Waals surface area contributed by atoms with Gasteiger partial charge in [-0.3, -0.25) is 4.79 Å². The van der Waals surface area contributed by atoms with Crippen LogP contribution in [0.5, 0.6) is 5.75 Å². The maximum absolute atomic E-state index is 12.5. The van der Waals surface area contributed by atoms with Gasteiger partial charge in [-0.05, 0) is 58.1 Å². The molecule has 27 heavy (non-hydrogen) atoms. The molecule has 0 aliphatic heterocycles. The fourth-order valence-electron chi connectivity index (χ4n) is 4.44. The van der Waals surface area contributed by atoms with Crippen LogP contribution < -0.4 is 0 Å². The van der Waals surface area contributed by atoms with Gasteiger partial charge in [0, 0.05) is 0 Å². The van der Waals surface area contributed by atoms with E-state index in [4.69, 9.17) is 4.74 Å². The predicted molar refractivity (Wildman–Crippen MR) is 109 cm³/mol. The van der Waals surface area contributed by atoms with E-state index in [1.807, 2.05) is 12.1 Å². The van der Waals surface area contributed by atoms with Gasteiger partial charge in [0.25, 0.3) is 0 Å². The zero-order chi connectivity index (χ0) is 20.0. The lowest BCUT2D eigenvalue weighted by Crippen LogP contribution is -2.20. The number of allylic oxidation sites excluding steroid dienone is 2. The van der Waals surface area contributed by atoms with Crippen molar-refractivity contribution in [3.05, 3.63) is 41.0 Å². The van der Waals surface area contributed by atoms with Gasteiger partial charge < -0.3 is 9.84 Å². The molecule has 0 amide bonds. The Morgan fingerprint density at radius 2 is 1.63 bits per heavy atom. The Labute approximate surface area is 163 Å². The minimum absolute atomic E-state index is 0.174. The van der Waals surface area contributed by atoms with E-state index in [1.165, 1.54) is 6.42 Å². The van der Waals surface area contributed by atoms with Crippen LogP contribution in [0.1, 0.15) is 71.1 Å². The van der Waals surface area contributed by atoms with Crippen molar-refractivity contribution in [3.8, 4) is 5.75 Å². The van der Waals surface area contributed by atoms with E-state index in [-0.39, 0.29) is 23.2 Å². The van der Waals surface area contributed by atoms with Gasteiger partial charge in [-0.2, -0.15) is 0 Å². The Kier molecular flexibility index (Phi) is 5.18. The van der Waals surface area contributed by atoms with Crippen LogP contribution in [-0.2, 0) is 26.8 Å². The molecular weight excluding hydrogens is 336 g/mol. The number of esters is 1. The van der Waals surface area contributed by atoms with Crippen molar-refractivity contribution in [2.45, 2.75) is 71.6 Å². The molecule has 148 valence electrons. The lowest BCUT2D eigenvalue weighted by atomic mass is 9.78. The van der Waals surface area contributed by atoms with Crippen LogP contribution in [0.2, 0.25) is 0 Å². The highest BCUT2D eigenvalue weighted by Gasteiger charge is 2.36. The number of rotatable bonds is 4. The van der Waals surface area contributed by atoms with E-state index < -0.39 is 0 Å². The summed E-state index contributed by atoms with van der Waals surface area (Å²) in [4.78, 5) is 12.5. The quantitative estimate of drug-likeness (QED) is 0.579. The number of phenols is 1. The minimum atomic E-state index is -0.195. The van der Waals surface area contributed by atoms with E-state index in [2.05, 4.69) is 53.7 Å². The Hall–Kier alpha value is -1.77. The molecule has 0 spiro atoms. The molecule has 2 aliphatic carbocycles. The summed E-state index contributed by atoms with van der Waals surface area (Å²) in [5.41, 5.74) is 2.30. The number of hydrogen-bond acceptors (Lipinski definition) is 3. The summed E-state index contributed by atoms with van der Waals surface area (Å²) in [5, 5.41) is 10.8. The Morgan fingerprint density at radius 3 is 2.07 bits per heavy atom. The number of aromatic hydroxyl groups is 1. The Bertz CT molecular complexity index is 711. The summed E-state index contributed by atoms with van der Waals surface area (Å²) >= 11 is 0. The largest absolute Gasteiger partial charge is 0.507 e. The molecule has 3 atom stereocenters. The Morgan fingerprint density at radius 1 is 1.04 bits per heavy atom. The first-order valence-corrected chi connectivity index (χ1v) is 10.2. The van der Waals surface area contributed by atoms with Crippen molar-refractivity contribution in [2.24, 2.45) is 17.8 Å². The molecule has 0 heterocycles. The van der Waals surface area contributed by atoms with Gasteiger partial charge >= 0.3 is 5.97 Å².